The van der Waals surface area contributed by atoms with Gasteiger partial charge >= 0.3 is 0 Å². The Bertz CT molecular complexity index is 95.4. The highest BCUT2D eigenvalue weighted by Crippen LogP contribution is 1.79. The average Bonchev–Trinajstić information content (AvgIpc) is 1.96. The normalized spacial score (nSPS) is 4.00. The van der Waals surface area contributed by atoms with Gasteiger partial charge < -0.3 is 0 Å². The maximum Gasteiger partial charge on any atom is -0.0623 e. The number of benzene rings is 1. The second-order valence-corrected chi connectivity index (χ2v) is 1.15. The molecular weight excluding hydrogens is 496 g/mol. The summed E-state index contributed by atoms with van der Waals surface area (Å²) in [4.78, 5) is 0. The highest BCUT2D eigenvalue weighted by atomic mass is 79.9. The Labute approximate surface area is 133 Å². The summed E-state index contributed by atoms with van der Waals surface area (Å²) in [5.41, 5.74) is 0. The fraction of sp³-hybridized carbons (Fsp3) is 0. The molecule has 0 aliphatic heterocycles. The van der Waals surface area contributed by atoms with Gasteiger partial charge in [0.2, 0.25) is 0 Å². The van der Waals surface area contributed by atoms with E-state index in [1.54, 1.807) is 0 Å². The Balaban J connectivity index is -0.0000000166. The molecule has 1 aromatic rings. The molecule has 0 atom stereocenters. The van der Waals surface area contributed by atoms with Crippen molar-refractivity contribution in [3.63, 3.8) is 0 Å². The standard InChI is InChI=1S/C6H6.C2H4.5BrH/c1-2-4-6-5-3-1;1-2;;;;;/h1-6H;1-2H2;5*1H. The maximum absolute atomic E-state index is 3.00. The molecule has 13 heavy (non-hydrogen) atoms. The van der Waals surface area contributed by atoms with E-state index in [0.717, 1.165) is 0 Å². The zero-order valence-electron chi connectivity index (χ0n) is 6.92. The number of hydrogen-bond acceptors (Lipinski definition) is 0. The molecule has 0 fully saturated rings. The summed E-state index contributed by atoms with van der Waals surface area (Å²) in [5, 5.41) is 0. The topological polar surface area (TPSA) is 0 Å². The Morgan fingerprint density at radius 3 is 0.538 bits per heavy atom. The second kappa shape index (κ2) is 37.7. The first-order valence-electron chi connectivity index (χ1n) is 2.50. The van der Waals surface area contributed by atoms with Crippen LogP contribution in [0.1, 0.15) is 0 Å². The van der Waals surface area contributed by atoms with E-state index in [2.05, 4.69) is 13.2 Å². The monoisotopic (exact) mass is 506 g/mol. The van der Waals surface area contributed by atoms with Crippen molar-refractivity contribution in [1.82, 2.24) is 0 Å². The summed E-state index contributed by atoms with van der Waals surface area (Å²) in [7, 11) is 0. The van der Waals surface area contributed by atoms with Gasteiger partial charge in [-0.05, 0) is 0 Å². The first-order chi connectivity index (χ1) is 4.00. The highest BCUT2D eigenvalue weighted by Gasteiger charge is 1.57. The smallest absolute Gasteiger partial charge is 0.0623 e. The molecule has 1 aromatic carbocycles. The molecule has 0 bridgehead atoms. The number of hydrogen-bond donors (Lipinski definition) is 0. The van der Waals surface area contributed by atoms with Crippen LogP contribution in [0.25, 0.3) is 0 Å². The molecule has 0 spiro atoms. The lowest BCUT2D eigenvalue weighted by atomic mass is 10.4. The fourth-order valence-electron chi connectivity index (χ4n) is 0.385. The van der Waals surface area contributed by atoms with Crippen molar-refractivity contribution >= 4 is 84.9 Å². The Hall–Kier alpha value is 1.36. The molecule has 0 N–H and O–H groups in total. The van der Waals surface area contributed by atoms with Crippen molar-refractivity contribution in [3.8, 4) is 0 Å². The molecule has 0 amide bonds. The van der Waals surface area contributed by atoms with Crippen LogP contribution in [0.4, 0.5) is 0 Å². The van der Waals surface area contributed by atoms with E-state index in [1.165, 1.54) is 0 Å². The Kier molecular flexibility index (Phi) is 106. The van der Waals surface area contributed by atoms with Gasteiger partial charge in [-0.15, -0.1) is 98.1 Å². The molecule has 0 saturated carbocycles. The predicted octanol–water partition coefficient (Wildman–Crippen LogP) is 5.38. The average molecular weight is 511 g/mol. The maximum atomic E-state index is 3.00. The van der Waals surface area contributed by atoms with E-state index in [0.29, 0.717) is 0 Å². The molecule has 0 heterocycles. The summed E-state index contributed by atoms with van der Waals surface area (Å²) in [6, 6.07) is 12.0. The van der Waals surface area contributed by atoms with Crippen molar-refractivity contribution in [2.75, 3.05) is 0 Å². The van der Waals surface area contributed by atoms with Crippen LogP contribution in [0.2, 0.25) is 0 Å². The van der Waals surface area contributed by atoms with Crippen LogP contribution in [0.5, 0.6) is 0 Å². The fourth-order valence-corrected chi connectivity index (χ4v) is 0.385. The highest BCUT2D eigenvalue weighted by molar-refractivity contribution is 8.93. The van der Waals surface area contributed by atoms with Gasteiger partial charge in [-0.25, -0.2) is 0 Å². The van der Waals surface area contributed by atoms with Gasteiger partial charge in [0.05, 0.1) is 0 Å². The molecule has 0 aromatic heterocycles. The van der Waals surface area contributed by atoms with Crippen molar-refractivity contribution in [2.45, 2.75) is 0 Å². The molecule has 82 valence electrons. The third-order valence-electron chi connectivity index (χ3n) is 0.667. The van der Waals surface area contributed by atoms with E-state index in [1.807, 2.05) is 36.4 Å². The lowest BCUT2D eigenvalue weighted by Crippen LogP contribution is -1.47. The molecule has 0 nitrogen and oxygen atoms in total. The minimum Gasteiger partial charge on any atom is -0.114 e. The van der Waals surface area contributed by atoms with Crippen LogP contribution in [0, 0.1) is 0 Å². The molecule has 5 heteroatoms. The van der Waals surface area contributed by atoms with Crippen molar-refractivity contribution < 1.29 is 0 Å². The van der Waals surface area contributed by atoms with E-state index >= 15 is 0 Å². The summed E-state index contributed by atoms with van der Waals surface area (Å²) in [5.74, 6) is 0. The predicted molar refractivity (Wildman–Crippen MR) is 89.3 cm³/mol. The van der Waals surface area contributed by atoms with Crippen LogP contribution in [0.15, 0.2) is 49.6 Å². The molecule has 0 aliphatic carbocycles. The lowest BCUT2D eigenvalue weighted by molar-refractivity contribution is 1.72. The third-order valence-corrected chi connectivity index (χ3v) is 0.667. The minimum atomic E-state index is 0. The van der Waals surface area contributed by atoms with Crippen molar-refractivity contribution in [1.29, 1.82) is 0 Å². The quantitative estimate of drug-likeness (QED) is 0.411. The van der Waals surface area contributed by atoms with Gasteiger partial charge in [-0.3, -0.25) is 0 Å². The van der Waals surface area contributed by atoms with E-state index < -0.39 is 0 Å². The molecule has 0 unspecified atom stereocenters. The van der Waals surface area contributed by atoms with E-state index in [9.17, 15) is 0 Å². The number of halogens is 5. The minimum absolute atomic E-state index is 0. The lowest BCUT2D eigenvalue weighted by Gasteiger charge is -1.69. The first kappa shape index (κ1) is 36.7. The molecule has 0 radical (unpaired) electrons. The zero-order chi connectivity index (χ0) is 6.24. The van der Waals surface area contributed by atoms with Gasteiger partial charge in [-0.1, -0.05) is 36.4 Å². The molecule has 0 aliphatic rings. The van der Waals surface area contributed by atoms with E-state index in [-0.39, 0.29) is 84.9 Å². The molecular formula is C8H15Br5. The SMILES string of the molecule is Br.Br.Br.Br.Br.C=C.c1ccccc1. The number of rotatable bonds is 0. The van der Waals surface area contributed by atoms with Crippen molar-refractivity contribution in [2.24, 2.45) is 0 Å². The Morgan fingerprint density at radius 1 is 0.385 bits per heavy atom. The summed E-state index contributed by atoms with van der Waals surface area (Å²) in [6.07, 6.45) is 0. The van der Waals surface area contributed by atoms with Gasteiger partial charge in [0.15, 0.2) is 0 Å². The molecule has 0 saturated heterocycles. The second-order valence-electron chi connectivity index (χ2n) is 1.15. The van der Waals surface area contributed by atoms with Crippen LogP contribution in [0.3, 0.4) is 0 Å². The first-order valence-corrected chi connectivity index (χ1v) is 2.50. The summed E-state index contributed by atoms with van der Waals surface area (Å²) < 4.78 is 0. The summed E-state index contributed by atoms with van der Waals surface area (Å²) in [6.45, 7) is 6.00. The van der Waals surface area contributed by atoms with Gasteiger partial charge in [0.1, 0.15) is 0 Å². The zero-order valence-corrected chi connectivity index (χ0v) is 15.5. The van der Waals surface area contributed by atoms with Crippen LogP contribution >= 0.6 is 84.9 Å². The third kappa shape index (κ3) is 31.8. The largest absolute Gasteiger partial charge is 0.114 e. The van der Waals surface area contributed by atoms with E-state index in [4.69, 9.17) is 0 Å². The van der Waals surface area contributed by atoms with Crippen LogP contribution < -0.4 is 0 Å². The van der Waals surface area contributed by atoms with Gasteiger partial charge in [-0.2, -0.15) is 0 Å². The van der Waals surface area contributed by atoms with Gasteiger partial charge in [0.25, 0.3) is 0 Å². The summed E-state index contributed by atoms with van der Waals surface area (Å²) >= 11 is 0. The van der Waals surface area contributed by atoms with Crippen LogP contribution in [-0.2, 0) is 0 Å². The van der Waals surface area contributed by atoms with Crippen LogP contribution in [-0.4, -0.2) is 0 Å². The van der Waals surface area contributed by atoms with Gasteiger partial charge in [0, 0.05) is 0 Å². The molecule has 1 rings (SSSR count). The van der Waals surface area contributed by atoms with Crippen molar-refractivity contribution in [3.05, 3.63) is 49.6 Å². The Morgan fingerprint density at radius 2 is 0.462 bits per heavy atom.